The first-order chi connectivity index (χ1) is 9.46. The highest BCUT2D eigenvalue weighted by Crippen LogP contribution is 2.29. The van der Waals surface area contributed by atoms with Gasteiger partial charge in [0.05, 0.1) is 7.11 Å². The molecule has 0 amide bonds. The van der Waals surface area contributed by atoms with E-state index < -0.39 is 10.0 Å². The molecule has 0 saturated carbocycles. The highest BCUT2D eigenvalue weighted by atomic mass is 35.5. The average Bonchev–Trinajstić information content (AvgIpc) is 2.47. The van der Waals surface area contributed by atoms with Crippen molar-refractivity contribution in [3.05, 3.63) is 24.3 Å². The van der Waals surface area contributed by atoms with Crippen LogP contribution in [0.15, 0.2) is 29.2 Å². The number of piperidine rings is 1. The van der Waals surface area contributed by atoms with Gasteiger partial charge >= 0.3 is 0 Å². The van der Waals surface area contributed by atoms with Gasteiger partial charge < -0.3 is 10.5 Å². The quantitative estimate of drug-likeness (QED) is 0.912. The molecule has 2 N–H and O–H groups in total. The topological polar surface area (TPSA) is 72.6 Å². The van der Waals surface area contributed by atoms with E-state index in [1.807, 2.05) is 6.92 Å². The van der Waals surface area contributed by atoms with Crippen LogP contribution in [-0.2, 0) is 10.0 Å². The summed E-state index contributed by atoms with van der Waals surface area (Å²) in [6, 6.07) is 6.85. The summed E-state index contributed by atoms with van der Waals surface area (Å²) in [7, 11) is -2.00. The molecule has 1 fully saturated rings. The van der Waals surface area contributed by atoms with Gasteiger partial charge in [0.1, 0.15) is 10.6 Å². The summed E-state index contributed by atoms with van der Waals surface area (Å²) in [4.78, 5) is 0.238. The number of hydrogen-bond donors (Lipinski definition) is 1. The maximum absolute atomic E-state index is 12.7. The minimum Gasteiger partial charge on any atom is -0.495 e. The molecule has 1 heterocycles. The molecule has 1 saturated heterocycles. The van der Waals surface area contributed by atoms with E-state index in [0.29, 0.717) is 24.8 Å². The SMILES string of the molecule is COc1ccccc1S(=O)(=O)N1CCC(C(C)N)CC1.Cl. The summed E-state index contributed by atoms with van der Waals surface area (Å²) in [6.07, 6.45) is 1.62. The maximum Gasteiger partial charge on any atom is 0.246 e. The van der Waals surface area contributed by atoms with Crippen LogP contribution in [0.3, 0.4) is 0 Å². The van der Waals surface area contributed by atoms with Crippen LogP contribution in [0.2, 0.25) is 0 Å². The molecule has 1 aromatic rings. The number of halogens is 1. The molecule has 1 atom stereocenters. The van der Waals surface area contributed by atoms with E-state index in [-0.39, 0.29) is 23.3 Å². The molecule has 1 aliphatic rings. The molecule has 2 rings (SSSR count). The standard InChI is InChI=1S/C14H22N2O3S.ClH/c1-11(15)12-7-9-16(10-8-12)20(17,18)14-6-4-3-5-13(14)19-2;/h3-6,11-12H,7-10,15H2,1-2H3;1H. The lowest BCUT2D eigenvalue weighted by molar-refractivity contribution is 0.250. The van der Waals surface area contributed by atoms with Crippen LogP contribution >= 0.6 is 12.4 Å². The second-order valence-corrected chi connectivity index (χ2v) is 7.16. The van der Waals surface area contributed by atoms with Gasteiger partial charge in [-0.15, -0.1) is 12.4 Å². The first-order valence-corrected chi connectivity index (χ1v) is 8.29. The molecule has 0 spiro atoms. The number of benzene rings is 1. The third kappa shape index (κ3) is 3.88. The predicted molar refractivity (Wildman–Crippen MR) is 85.4 cm³/mol. The van der Waals surface area contributed by atoms with Gasteiger partial charge in [-0.3, -0.25) is 0 Å². The van der Waals surface area contributed by atoms with E-state index >= 15 is 0 Å². The molecule has 120 valence electrons. The normalized spacial score (nSPS) is 18.8. The predicted octanol–water partition coefficient (Wildman–Crippen LogP) is 1.86. The Morgan fingerprint density at radius 2 is 1.86 bits per heavy atom. The van der Waals surface area contributed by atoms with E-state index in [4.69, 9.17) is 10.5 Å². The van der Waals surface area contributed by atoms with Crippen molar-refractivity contribution in [3.8, 4) is 5.75 Å². The first-order valence-electron chi connectivity index (χ1n) is 6.85. The van der Waals surface area contributed by atoms with Gasteiger partial charge in [0.2, 0.25) is 10.0 Å². The van der Waals surface area contributed by atoms with E-state index in [1.54, 1.807) is 24.3 Å². The van der Waals surface area contributed by atoms with Crippen LogP contribution in [0.1, 0.15) is 19.8 Å². The van der Waals surface area contributed by atoms with E-state index in [2.05, 4.69) is 0 Å². The van der Waals surface area contributed by atoms with Gasteiger partial charge in [-0.05, 0) is 37.8 Å². The molecular formula is C14H23ClN2O3S. The molecule has 7 heteroatoms. The fourth-order valence-electron chi connectivity index (χ4n) is 2.61. The van der Waals surface area contributed by atoms with Crippen LogP contribution in [0.25, 0.3) is 0 Å². The van der Waals surface area contributed by atoms with Crippen molar-refractivity contribution in [1.82, 2.24) is 4.31 Å². The third-order valence-corrected chi connectivity index (χ3v) is 5.87. The molecule has 1 aliphatic heterocycles. The van der Waals surface area contributed by atoms with E-state index in [1.165, 1.54) is 11.4 Å². The minimum absolute atomic E-state index is 0. The third-order valence-electron chi connectivity index (χ3n) is 3.93. The molecular weight excluding hydrogens is 312 g/mol. The number of nitrogens with zero attached hydrogens (tertiary/aromatic N) is 1. The Morgan fingerprint density at radius 3 is 2.38 bits per heavy atom. The van der Waals surface area contributed by atoms with Crippen LogP contribution in [-0.4, -0.2) is 39.0 Å². The lowest BCUT2D eigenvalue weighted by Gasteiger charge is -2.33. The Labute approximate surface area is 132 Å². The summed E-state index contributed by atoms with van der Waals surface area (Å²) in [5.41, 5.74) is 5.89. The zero-order valence-corrected chi connectivity index (χ0v) is 14.0. The molecule has 21 heavy (non-hydrogen) atoms. The number of hydrogen-bond acceptors (Lipinski definition) is 4. The Kier molecular flexibility index (Phi) is 6.46. The van der Waals surface area contributed by atoms with Gasteiger partial charge in [0.25, 0.3) is 0 Å². The minimum atomic E-state index is -3.49. The smallest absolute Gasteiger partial charge is 0.246 e. The summed E-state index contributed by atoms with van der Waals surface area (Å²) in [6.45, 7) is 3.02. The number of nitrogens with two attached hydrogens (primary N) is 1. The van der Waals surface area contributed by atoms with Gasteiger partial charge in [0.15, 0.2) is 0 Å². The Bertz CT molecular complexity index is 555. The van der Waals surface area contributed by atoms with Crippen LogP contribution in [0, 0.1) is 5.92 Å². The van der Waals surface area contributed by atoms with Crippen LogP contribution in [0.4, 0.5) is 0 Å². The van der Waals surface area contributed by atoms with Crippen molar-refractivity contribution in [2.75, 3.05) is 20.2 Å². The first kappa shape index (κ1) is 18.2. The monoisotopic (exact) mass is 334 g/mol. The zero-order chi connectivity index (χ0) is 14.8. The number of ether oxygens (including phenoxy) is 1. The fraction of sp³-hybridized carbons (Fsp3) is 0.571. The van der Waals surface area contributed by atoms with Gasteiger partial charge in [-0.1, -0.05) is 12.1 Å². The number of rotatable bonds is 4. The largest absolute Gasteiger partial charge is 0.495 e. The molecule has 0 radical (unpaired) electrons. The second kappa shape index (κ2) is 7.45. The lowest BCUT2D eigenvalue weighted by Crippen LogP contribution is -2.42. The maximum atomic E-state index is 12.7. The molecule has 1 aromatic carbocycles. The van der Waals surface area contributed by atoms with Crippen LogP contribution in [0.5, 0.6) is 5.75 Å². The summed E-state index contributed by atoms with van der Waals surface area (Å²) in [5, 5.41) is 0. The van der Waals surface area contributed by atoms with Gasteiger partial charge in [-0.25, -0.2) is 8.42 Å². The van der Waals surface area contributed by atoms with Gasteiger partial charge in [-0.2, -0.15) is 4.31 Å². The summed E-state index contributed by atoms with van der Waals surface area (Å²) >= 11 is 0. The zero-order valence-electron chi connectivity index (χ0n) is 12.4. The average molecular weight is 335 g/mol. The fourth-order valence-corrected chi connectivity index (χ4v) is 4.24. The molecule has 5 nitrogen and oxygen atoms in total. The summed E-state index contributed by atoms with van der Waals surface area (Å²) in [5.74, 6) is 0.793. The number of para-hydroxylation sites is 1. The molecule has 0 aromatic heterocycles. The highest BCUT2D eigenvalue weighted by molar-refractivity contribution is 7.89. The van der Waals surface area contributed by atoms with Crippen molar-refractivity contribution in [3.63, 3.8) is 0 Å². The number of methoxy groups -OCH3 is 1. The van der Waals surface area contributed by atoms with Crippen molar-refractivity contribution < 1.29 is 13.2 Å². The van der Waals surface area contributed by atoms with Crippen molar-refractivity contribution in [2.24, 2.45) is 11.7 Å². The molecule has 0 bridgehead atoms. The Balaban J connectivity index is 0.00000220. The second-order valence-electron chi connectivity index (χ2n) is 5.25. The highest BCUT2D eigenvalue weighted by Gasteiger charge is 2.32. The lowest BCUT2D eigenvalue weighted by atomic mass is 9.92. The van der Waals surface area contributed by atoms with Crippen LogP contribution < -0.4 is 10.5 Å². The van der Waals surface area contributed by atoms with E-state index in [9.17, 15) is 8.42 Å². The van der Waals surface area contributed by atoms with Gasteiger partial charge in [0, 0.05) is 19.1 Å². The Morgan fingerprint density at radius 1 is 1.29 bits per heavy atom. The van der Waals surface area contributed by atoms with Crippen molar-refractivity contribution >= 4 is 22.4 Å². The number of sulfonamides is 1. The Hall–Kier alpha value is -0.820. The summed E-state index contributed by atoms with van der Waals surface area (Å²) < 4.78 is 32.0. The van der Waals surface area contributed by atoms with E-state index in [0.717, 1.165) is 12.8 Å². The van der Waals surface area contributed by atoms with Crippen molar-refractivity contribution in [1.29, 1.82) is 0 Å². The molecule has 0 aliphatic carbocycles. The molecule has 1 unspecified atom stereocenters. The van der Waals surface area contributed by atoms with Crippen molar-refractivity contribution in [2.45, 2.75) is 30.7 Å².